The van der Waals surface area contributed by atoms with Crippen LogP contribution in [0.5, 0.6) is 0 Å². The molecule has 3 fully saturated rings. The number of esters is 1. The summed E-state index contributed by atoms with van der Waals surface area (Å²) in [6, 6.07) is 6.34. The number of rotatable bonds is 2. The molecule has 5 rings (SSSR count). The second-order valence-corrected chi connectivity index (χ2v) is 8.89. The van der Waals surface area contributed by atoms with E-state index >= 15 is 0 Å². The van der Waals surface area contributed by atoms with E-state index < -0.39 is 33.6 Å². The molecule has 152 valence electrons. The first kappa shape index (κ1) is 18.3. The monoisotopic (exact) mass is 398 g/mol. The van der Waals surface area contributed by atoms with Crippen LogP contribution in [0.1, 0.15) is 26.7 Å². The van der Waals surface area contributed by atoms with Crippen molar-refractivity contribution in [3.63, 3.8) is 0 Å². The molecule has 1 spiro atoms. The normalized spacial score (nSPS) is 42.4. The average molecular weight is 398 g/mol. The Bertz CT molecular complexity index is 991. The molecule has 6 atom stereocenters. The highest BCUT2D eigenvalue weighted by Gasteiger charge is 2.77. The minimum atomic E-state index is -1.38. The zero-order chi connectivity index (χ0) is 20.8. The molecule has 8 heteroatoms. The standard InChI is InChI=1S/C21H22N2O6/c1-12-7-8-13-17(19(2)16(24)9-10-21(12,19)26)29-18(25)20(13)11-22(20)14-5-3-4-6-15(14)23(27)28/h3-6,9-10,12-13,17,26H,7-8,11H2,1-2H3/t12-,13+,17+,19-,20-,21+,22?/m0/s1. The summed E-state index contributed by atoms with van der Waals surface area (Å²) in [7, 11) is 0. The maximum Gasteiger partial charge on any atom is 0.334 e. The van der Waals surface area contributed by atoms with Gasteiger partial charge in [0.15, 0.2) is 11.3 Å². The maximum absolute atomic E-state index is 13.1. The molecule has 2 saturated heterocycles. The van der Waals surface area contributed by atoms with Gasteiger partial charge in [0.25, 0.3) is 5.69 Å². The van der Waals surface area contributed by atoms with E-state index in [1.165, 1.54) is 12.1 Å². The van der Waals surface area contributed by atoms with Gasteiger partial charge in [-0.05, 0) is 43.9 Å². The van der Waals surface area contributed by atoms with Gasteiger partial charge in [0.05, 0.1) is 16.9 Å². The van der Waals surface area contributed by atoms with Crippen molar-refractivity contribution in [2.24, 2.45) is 17.3 Å². The summed E-state index contributed by atoms with van der Waals surface area (Å²) in [5.74, 6) is -1.23. The maximum atomic E-state index is 13.1. The molecular formula is C21H22N2O6. The second kappa shape index (κ2) is 5.44. The predicted octanol–water partition coefficient (Wildman–Crippen LogP) is 2.00. The Morgan fingerprint density at radius 1 is 1.28 bits per heavy atom. The lowest BCUT2D eigenvalue weighted by molar-refractivity contribution is -0.384. The van der Waals surface area contributed by atoms with Crippen molar-refractivity contribution >= 4 is 23.1 Å². The van der Waals surface area contributed by atoms with Crippen molar-refractivity contribution in [3.05, 3.63) is 46.5 Å². The van der Waals surface area contributed by atoms with E-state index in [0.717, 1.165) is 0 Å². The number of carbonyl (C=O) groups is 2. The summed E-state index contributed by atoms with van der Waals surface area (Å²) in [5.41, 5.74) is -3.35. The van der Waals surface area contributed by atoms with E-state index in [2.05, 4.69) is 0 Å². The number of nitrogens with zero attached hydrogens (tertiary/aromatic N) is 2. The number of ketones is 1. The Kier molecular flexibility index (Phi) is 3.43. The van der Waals surface area contributed by atoms with Gasteiger partial charge in [-0.1, -0.05) is 19.1 Å². The fourth-order valence-corrected chi connectivity index (χ4v) is 5.90. The highest BCUT2D eigenvalue weighted by molar-refractivity contribution is 6.02. The van der Waals surface area contributed by atoms with Gasteiger partial charge in [0.2, 0.25) is 0 Å². The molecule has 2 aliphatic heterocycles. The van der Waals surface area contributed by atoms with Crippen LogP contribution in [0, 0.1) is 27.4 Å². The minimum absolute atomic E-state index is 0.0658. The first-order chi connectivity index (χ1) is 13.7. The molecular weight excluding hydrogens is 376 g/mol. The third-order valence-electron chi connectivity index (χ3n) is 7.78. The van der Waals surface area contributed by atoms with Gasteiger partial charge < -0.3 is 14.7 Å². The minimum Gasteiger partial charge on any atom is -0.459 e. The Labute approximate surface area is 167 Å². The van der Waals surface area contributed by atoms with Gasteiger partial charge in [-0.15, -0.1) is 0 Å². The lowest BCUT2D eigenvalue weighted by Gasteiger charge is -2.43. The summed E-state index contributed by atoms with van der Waals surface area (Å²) in [6.45, 7) is 3.89. The number of nitro benzene ring substituents is 1. The molecule has 0 unspecified atom stereocenters. The van der Waals surface area contributed by atoms with E-state index in [1.54, 1.807) is 36.1 Å². The smallest absolute Gasteiger partial charge is 0.334 e. The third kappa shape index (κ3) is 1.97. The summed E-state index contributed by atoms with van der Waals surface area (Å²) >= 11 is 0. The first-order valence-electron chi connectivity index (χ1n) is 9.86. The summed E-state index contributed by atoms with van der Waals surface area (Å²) < 4.78 is 5.80. The third-order valence-corrected chi connectivity index (χ3v) is 7.78. The molecule has 0 amide bonds. The fraction of sp³-hybridized carbons (Fsp3) is 0.524. The molecule has 2 heterocycles. The van der Waals surface area contributed by atoms with Crippen LogP contribution >= 0.6 is 0 Å². The molecule has 1 aromatic carbocycles. The van der Waals surface area contributed by atoms with E-state index in [9.17, 15) is 24.8 Å². The Balaban J connectivity index is 1.59. The average Bonchev–Trinajstić information content (AvgIpc) is 3.33. The van der Waals surface area contributed by atoms with Crippen molar-refractivity contribution < 1.29 is 24.4 Å². The number of hydrogen-bond donors (Lipinski definition) is 1. The topological polar surface area (TPSA) is 110 Å². The van der Waals surface area contributed by atoms with E-state index in [4.69, 9.17) is 4.74 Å². The van der Waals surface area contributed by atoms with Gasteiger partial charge in [0, 0.05) is 12.0 Å². The fourth-order valence-electron chi connectivity index (χ4n) is 5.90. The number of allylic oxidation sites excluding steroid dienone is 1. The Morgan fingerprint density at radius 3 is 2.72 bits per heavy atom. The number of hydrogen-bond acceptors (Lipinski definition) is 7. The lowest BCUT2D eigenvalue weighted by atomic mass is 9.64. The summed E-state index contributed by atoms with van der Waals surface area (Å²) in [6.07, 6.45) is 3.38. The summed E-state index contributed by atoms with van der Waals surface area (Å²) in [4.78, 5) is 38.7. The first-order valence-corrected chi connectivity index (χ1v) is 9.86. The molecule has 2 aliphatic carbocycles. The molecule has 0 radical (unpaired) electrons. The Morgan fingerprint density at radius 2 is 2.00 bits per heavy atom. The quantitative estimate of drug-likeness (QED) is 0.351. The number of ether oxygens (including phenoxy) is 1. The van der Waals surface area contributed by atoms with Crippen LogP contribution in [-0.2, 0) is 14.3 Å². The van der Waals surface area contributed by atoms with Crippen LogP contribution in [-0.4, -0.2) is 45.6 Å². The molecule has 1 saturated carbocycles. The molecule has 8 nitrogen and oxygen atoms in total. The van der Waals surface area contributed by atoms with Crippen LogP contribution in [0.2, 0.25) is 0 Å². The number of anilines is 1. The molecule has 29 heavy (non-hydrogen) atoms. The van der Waals surface area contributed by atoms with Crippen LogP contribution in [0.3, 0.4) is 0 Å². The van der Waals surface area contributed by atoms with Crippen molar-refractivity contribution in [2.75, 3.05) is 11.4 Å². The van der Waals surface area contributed by atoms with Crippen molar-refractivity contribution in [3.8, 4) is 0 Å². The van der Waals surface area contributed by atoms with Crippen LogP contribution in [0.15, 0.2) is 36.4 Å². The molecule has 0 bridgehead atoms. The SMILES string of the molecule is C[C@H]1CC[C@@H]2[C@@H](OC(=O)[C@]23CN3c2ccccc2[N+](=O)[O-])[C@]2(C)C(=O)C=C[C@@]12O. The van der Waals surface area contributed by atoms with Crippen LogP contribution in [0.25, 0.3) is 0 Å². The Hall–Kier alpha value is -2.74. The number of fused-ring (bicyclic) bond motifs is 4. The second-order valence-electron chi connectivity index (χ2n) is 8.89. The van der Waals surface area contributed by atoms with Gasteiger partial charge >= 0.3 is 5.97 Å². The molecule has 0 aromatic heterocycles. The van der Waals surface area contributed by atoms with Crippen LogP contribution in [0.4, 0.5) is 11.4 Å². The number of para-hydroxylation sites is 2. The van der Waals surface area contributed by atoms with Gasteiger partial charge in [0.1, 0.15) is 17.4 Å². The van der Waals surface area contributed by atoms with Crippen molar-refractivity contribution in [2.45, 2.75) is 43.9 Å². The number of benzene rings is 1. The van der Waals surface area contributed by atoms with Crippen molar-refractivity contribution in [1.29, 1.82) is 0 Å². The predicted molar refractivity (Wildman–Crippen MR) is 102 cm³/mol. The summed E-state index contributed by atoms with van der Waals surface area (Å²) in [5, 5.41) is 22.9. The number of carbonyl (C=O) groups excluding carboxylic acids is 2. The van der Waals surface area contributed by atoms with E-state index in [1.807, 2.05) is 6.92 Å². The van der Waals surface area contributed by atoms with Crippen molar-refractivity contribution in [1.82, 2.24) is 0 Å². The zero-order valence-corrected chi connectivity index (χ0v) is 16.2. The van der Waals surface area contributed by atoms with E-state index in [-0.39, 0.29) is 23.3 Å². The largest absolute Gasteiger partial charge is 0.459 e. The highest BCUT2D eigenvalue weighted by atomic mass is 16.6. The number of aliphatic hydroxyl groups is 1. The lowest BCUT2D eigenvalue weighted by Crippen LogP contribution is -2.57. The van der Waals surface area contributed by atoms with Gasteiger partial charge in [-0.3, -0.25) is 14.9 Å². The van der Waals surface area contributed by atoms with E-state index in [0.29, 0.717) is 25.1 Å². The molecule has 1 aromatic rings. The zero-order valence-electron chi connectivity index (χ0n) is 16.2. The highest BCUT2D eigenvalue weighted by Crippen LogP contribution is 2.62. The van der Waals surface area contributed by atoms with Gasteiger partial charge in [-0.25, -0.2) is 4.79 Å². The number of nitro groups is 1. The molecule has 4 aliphatic rings. The molecule has 1 N–H and O–H groups in total. The van der Waals surface area contributed by atoms with Crippen LogP contribution < -0.4 is 4.90 Å². The van der Waals surface area contributed by atoms with Gasteiger partial charge in [-0.2, -0.15) is 0 Å².